The largest absolute Gasteiger partial charge is 0.461 e. The fourth-order valence-electron chi connectivity index (χ4n) is 2.62. The fourth-order valence-corrected chi connectivity index (χ4v) is 4.54. The zero-order valence-corrected chi connectivity index (χ0v) is 19.8. The van der Waals surface area contributed by atoms with Crippen molar-refractivity contribution in [2.45, 2.75) is 44.3 Å². The average molecular weight is 487 g/mol. The first-order valence-corrected chi connectivity index (χ1v) is 11.9. The molecule has 2 rings (SSSR count). The van der Waals surface area contributed by atoms with Gasteiger partial charge in [-0.05, 0) is 44.5 Å². The maximum atomic E-state index is 12.9. The number of ether oxygens (including phenoxy) is 2. The van der Waals surface area contributed by atoms with Crippen LogP contribution in [0.15, 0.2) is 53.4 Å². The summed E-state index contributed by atoms with van der Waals surface area (Å²) >= 11 is 11.8. The molecule has 6 nitrogen and oxygen atoms in total. The molecule has 0 unspecified atom stereocenters. The minimum Gasteiger partial charge on any atom is -0.461 e. The first-order valence-electron chi connectivity index (χ1n) is 9.47. The van der Waals surface area contributed by atoms with Crippen molar-refractivity contribution in [2.75, 3.05) is 5.75 Å². The number of benzene rings is 2. The van der Waals surface area contributed by atoms with Gasteiger partial charge in [0.15, 0.2) is 9.84 Å². The summed E-state index contributed by atoms with van der Waals surface area (Å²) in [6.07, 6.45) is -0.442. The second-order valence-corrected chi connectivity index (χ2v) is 10.8. The highest BCUT2D eigenvalue weighted by molar-refractivity contribution is 7.91. The Morgan fingerprint density at radius 1 is 1.00 bits per heavy atom. The van der Waals surface area contributed by atoms with Crippen LogP contribution < -0.4 is 0 Å². The number of esters is 2. The molecule has 0 saturated heterocycles. The zero-order chi connectivity index (χ0) is 23.2. The monoisotopic (exact) mass is 486 g/mol. The van der Waals surface area contributed by atoms with E-state index in [4.69, 9.17) is 32.7 Å². The summed E-state index contributed by atoms with van der Waals surface area (Å²) in [5, 5.41) is 0.271. The predicted molar refractivity (Wildman–Crippen MR) is 119 cm³/mol. The van der Waals surface area contributed by atoms with E-state index >= 15 is 0 Å². The van der Waals surface area contributed by atoms with Gasteiger partial charge in [-0.2, -0.15) is 0 Å². The lowest BCUT2D eigenvalue weighted by atomic mass is 10.1. The van der Waals surface area contributed by atoms with Crippen LogP contribution in [0.4, 0.5) is 0 Å². The van der Waals surface area contributed by atoms with Gasteiger partial charge >= 0.3 is 11.9 Å². The highest BCUT2D eigenvalue weighted by Gasteiger charge is 2.33. The van der Waals surface area contributed by atoms with E-state index in [0.29, 0.717) is 0 Å². The Kier molecular flexibility index (Phi) is 8.51. The molecule has 31 heavy (non-hydrogen) atoms. The molecule has 0 aliphatic carbocycles. The minimum atomic E-state index is -3.96. The Bertz CT molecular complexity index is 1030. The third kappa shape index (κ3) is 8.16. The first kappa shape index (κ1) is 25.2. The van der Waals surface area contributed by atoms with Crippen molar-refractivity contribution in [1.82, 2.24) is 0 Å². The summed E-state index contributed by atoms with van der Waals surface area (Å²) in [5.74, 6) is -3.39. The molecule has 0 heterocycles. The molecule has 2 aromatic carbocycles. The predicted octanol–water partition coefficient (Wildman–Crippen LogP) is 4.86. The summed E-state index contributed by atoms with van der Waals surface area (Å²) in [6.45, 7) is 4.98. The zero-order valence-electron chi connectivity index (χ0n) is 17.4. The molecule has 0 N–H and O–H groups in total. The Balaban J connectivity index is 2.18. The van der Waals surface area contributed by atoms with Gasteiger partial charge in [0.25, 0.3) is 0 Å². The van der Waals surface area contributed by atoms with Crippen LogP contribution in [0.25, 0.3) is 0 Å². The van der Waals surface area contributed by atoms with E-state index < -0.39 is 45.5 Å². The van der Waals surface area contributed by atoms with Gasteiger partial charge in [-0.25, -0.2) is 8.42 Å². The molecular formula is C22H24Cl2O6S. The Hall–Kier alpha value is -2.09. The molecule has 0 aromatic heterocycles. The van der Waals surface area contributed by atoms with E-state index in [1.54, 1.807) is 45.0 Å². The molecule has 0 aliphatic rings. The standard InChI is InChI=1S/C22H24Cl2O6S/c1-22(2,3)30-21(26)16(11-20(25)29-13-15-7-5-4-6-8-15)14-31(27,28)17-9-10-18(23)19(24)12-17/h4-10,12,16H,11,13-14H2,1-3H3/t16-/m1/s1. The van der Waals surface area contributed by atoms with Gasteiger partial charge in [0, 0.05) is 0 Å². The maximum absolute atomic E-state index is 12.9. The quantitative estimate of drug-likeness (QED) is 0.495. The highest BCUT2D eigenvalue weighted by atomic mass is 35.5. The second-order valence-electron chi connectivity index (χ2n) is 7.94. The lowest BCUT2D eigenvalue weighted by Crippen LogP contribution is -2.34. The third-order valence-electron chi connectivity index (χ3n) is 4.07. The van der Waals surface area contributed by atoms with Crippen LogP contribution in [0.3, 0.4) is 0 Å². The SMILES string of the molecule is CC(C)(C)OC(=O)[C@H](CC(=O)OCc1ccccc1)CS(=O)(=O)c1ccc(Cl)c(Cl)c1. The van der Waals surface area contributed by atoms with Crippen molar-refractivity contribution in [1.29, 1.82) is 0 Å². The van der Waals surface area contributed by atoms with Crippen molar-refractivity contribution in [3.8, 4) is 0 Å². The summed E-state index contributed by atoms with van der Waals surface area (Å²) < 4.78 is 36.3. The first-order chi connectivity index (χ1) is 14.4. The van der Waals surface area contributed by atoms with Crippen molar-refractivity contribution in [3.05, 3.63) is 64.1 Å². The van der Waals surface area contributed by atoms with Crippen molar-refractivity contribution in [2.24, 2.45) is 5.92 Å². The van der Waals surface area contributed by atoms with Crippen LogP contribution in [0.2, 0.25) is 10.0 Å². The normalized spacial score (nSPS) is 12.8. The number of hydrogen-bond donors (Lipinski definition) is 0. The smallest absolute Gasteiger partial charge is 0.311 e. The number of carbonyl (C=O) groups is 2. The molecular weight excluding hydrogens is 463 g/mol. The number of sulfone groups is 1. The number of halogens is 2. The second kappa shape index (κ2) is 10.5. The molecule has 168 valence electrons. The Morgan fingerprint density at radius 2 is 1.65 bits per heavy atom. The van der Waals surface area contributed by atoms with Crippen LogP contribution in [-0.2, 0) is 35.5 Å². The Morgan fingerprint density at radius 3 is 2.23 bits per heavy atom. The van der Waals surface area contributed by atoms with Crippen LogP contribution in [0.5, 0.6) is 0 Å². The molecule has 0 aliphatic heterocycles. The van der Waals surface area contributed by atoms with Crippen molar-refractivity contribution < 1.29 is 27.5 Å². The van der Waals surface area contributed by atoms with Gasteiger partial charge in [-0.3, -0.25) is 9.59 Å². The average Bonchev–Trinajstić information content (AvgIpc) is 2.67. The van der Waals surface area contributed by atoms with E-state index in [0.717, 1.165) is 5.56 Å². The molecule has 0 saturated carbocycles. The van der Waals surface area contributed by atoms with E-state index in [2.05, 4.69) is 0 Å². The van der Waals surface area contributed by atoms with E-state index in [1.165, 1.54) is 18.2 Å². The maximum Gasteiger partial charge on any atom is 0.311 e. The molecule has 2 aromatic rings. The van der Waals surface area contributed by atoms with Gasteiger partial charge in [-0.1, -0.05) is 53.5 Å². The minimum absolute atomic E-state index is 0.0141. The van der Waals surface area contributed by atoms with Crippen LogP contribution >= 0.6 is 23.2 Å². The molecule has 0 bridgehead atoms. The van der Waals surface area contributed by atoms with Crippen molar-refractivity contribution >= 4 is 45.0 Å². The van der Waals surface area contributed by atoms with Crippen LogP contribution in [-0.4, -0.2) is 31.7 Å². The van der Waals surface area contributed by atoms with Gasteiger partial charge in [0.2, 0.25) is 0 Å². The molecule has 9 heteroatoms. The summed E-state index contributed by atoms with van der Waals surface area (Å²) in [7, 11) is -3.96. The number of carbonyl (C=O) groups excluding carboxylic acids is 2. The highest BCUT2D eigenvalue weighted by Crippen LogP contribution is 2.27. The van der Waals surface area contributed by atoms with E-state index in [9.17, 15) is 18.0 Å². The van der Waals surface area contributed by atoms with Crippen molar-refractivity contribution in [3.63, 3.8) is 0 Å². The molecule has 0 spiro atoms. The number of rotatable bonds is 8. The van der Waals surface area contributed by atoms with Crippen LogP contribution in [0, 0.1) is 5.92 Å². The number of hydrogen-bond acceptors (Lipinski definition) is 6. The van der Waals surface area contributed by atoms with Crippen LogP contribution in [0.1, 0.15) is 32.8 Å². The molecule has 0 amide bonds. The summed E-state index contributed by atoms with van der Waals surface area (Å²) in [6, 6.07) is 12.9. The molecule has 1 atom stereocenters. The van der Waals surface area contributed by atoms with Gasteiger partial charge < -0.3 is 9.47 Å². The Labute approximate surface area is 192 Å². The van der Waals surface area contributed by atoms with Gasteiger partial charge in [0.1, 0.15) is 12.2 Å². The van der Waals surface area contributed by atoms with E-state index in [-0.39, 0.29) is 21.5 Å². The summed E-state index contributed by atoms with van der Waals surface area (Å²) in [5.41, 5.74) is -0.0792. The third-order valence-corrected chi connectivity index (χ3v) is 6.62. The lowest BCUT2D eigenvalue weighted by molar-refractivity contribution is -0.163. The molecule has 0 fully saturated rings. The molecule has 0 radical (unpaired) electrons. The van der Waals surface area contributed by atoms with Gasteiger partial charge in [-0.15, -0.1) is 0 Å². The topological polar surface area (TPSA) is 86.7 Å². The van der Waals surface area contributed by atoms with Gasteiger partial charge in [0.05, 0.1) is 33.0 Å². The lowest BCUT2D eigenvalue weighted by Gasteiger charge is -2.23. The van der Waals surface area contributed by atoms with E-state index in [1.807, 2.05) is 6.07 Å². The summed E-state index contributed by atoms with van der Waals surface area (Å²) in [4.78, 5) is 24.9. The fraction of sp³-hybridized carbons (Fsp3) is 0.364.